The van der Waals surface area contributed by atoms with E-state index in [-0.39, 0.29) is 22.1 Å². The number of nitrogens with one attached hydrogen (secondary N) is 1. The van der Waals surface area contributed by atoms with Crippen LogP contribution in [0.3, 0.4) is 0 Å². The highest BCUT2D eigenvalue weighted by Crippen LogP contribution is 2.56. The van der Waals surface area contributed by atoms with Crippen molar-refractivity contribution < 1.29 is 18.1 Å². The zero-order valence-corrected chi connectivity index (χ0v) is 24.3. The first kappa shape index (κ1) is 27.7. The Morgan fingerprint density at radius 3 is 2.28 bits per heavy atom. The minimum atomic E-state index is -4.46. The number of hydrogen-bond acceptors (Lipinski definition) is 7. The van der Waals surface area contributed by atoms with Crippen LogP contribution in [-0.2, 0) is 10.0 Å². The quantitative estimate of drug-likeness (QED) is 0.189. The van der Waals surface area contributed by atoms with Gasteiger partial charge in [0.05, 0.1) is 15.3 Å². The number of carbonyl (C=O) groups excluding carboxylic acids is 1. The highest BCUT2D eigenvalue weighted by Gasteiger charge is 2.48. The molecule has 43 heavy (non-hydrogen) atoms. The Labute approximate surface area is 250 Å². The summed E-state index contributed by atoms with van der Waals surface area (Å²) in [5, 5.41) is 12.4. The number of sulfonamides is 1. The van der Waals surface area contributed by atoms with Crippen molar-refractivity contribution in [3.63, 3.8) is 0 Å². The molecule has 0 spiro atoms. The fraction of sp³-hybridized carbons (Fsp3) is 0.333. The Balaban J connectivity index is 1.20. The van der Waals surface area contributed by atoms with Crippen LogP contribution in [0.15, 0.2) is 90.0 Å². The predicted molar refractivity (Wildman–Crippen MR) is 162 cm³/mol. The summed E-state index contributed by atoms with van der Waals surface area (Å²) in [7, 11) is -4.46. The highest BCUT2D eigenvalue weighted by molar-refractivity contribution is 7.89. The lowest BCUT2D eigenvalue weighted by Gasteiger charge is -2.54. The molecule has 3 aromatic carbocycles. The van der Waals surface area contributed by atoms with Crippen molar-refractivity contribution in [1.29, 1.82) is 0 Å². The largest absolute Gasteiger partial charge is 0.282 e. The SMILES string of the molecule is O=C(c1ccc(-c2cccc3cccnc23)cc1)N(NCC1C2CC3CC(C2)CC1C3)S(=O)(=O)c1cccc([N+](=O)[O-])c1. The van der Waals surface area contributed by atoms with Crippen LogP contribution in [0.4, 0.5) is 5.69 Å². The number of non-ortho nitro benzene ring substituents is 1. The van der Waals surface area contributed by atoms with E-state index in [0.29, 0.717) is 22.8 Å². The molecule has 1 heterocycles. The lowest BCUT2D eigenvalue weighted by Crippen LogP contribution is -2.53. The summed E-state index contributed by atoms with van der Waals surface area (Å²) in [6.45, 7) is 0.356. The number of rotatable bonds is 8. The average molecular weight is 597 g/mol. The second-order valence-electron chi connectivity index (χ2n) is 12.2. The van der Waals surface area contributed by atoms with E-state index >= 15 is 0 Å². The Morgan fingerprint density at radius 1 is 0.907 bits per heavy atom. The van der Waals surface area contributed by atoms with Crippen LogP contribution >= 0.6 is 0 Å². The van der Waals surface area contributed by atoms with Gasteiger partial charge in [0, 0.05) is 41.4 Å². The zero-order valence-electron chi connectivity index (χ0n) is 23.5. The molecule has 4 aliphatic carbocycles. The van der Waals surface area contributed by atoms with Gasteiger partial charge < -0.3 is 0 Å². The number of aromatic nitrogens is 1. The third-order valence-electron chi connectivity index (χ3n) is 9.72. The number of pyridine rings is 1. The molecular formula is C33H32N4O5S. The van der Waals surface area contributed by atoms with Crippen molar-refractivity contribution in [2.24, 2.45) is 29.6 Å². The summed E-state index contributed by atoms with van der Waals surface area (Å²) in [5.74, 6) is 2.12. The van der Waals surface area contributed by atoms with Crippen molar-refractivity contribution in [3.8, 4) is 11.1 Å². The molecule has 4 saturated carbocycles. The summed E-state index contributed by atoms with van der Waals surface area (Å²) in [5.41, 5.74) is 5.42. The summed E-state index contributed by atoms with van der Waals surface area (Å²) < 4.78 is 28.6. The number of nitro benzene ring substituents is 1. The Hall–Kier alpha value is -4.15. The van der Waals surface area contributed by atoms with Crippen molar-refractivity contribution in [1.82, 2.24) is 14.8 Å². The van der Waals surface area contributed by atoms with E-state index in [2.05, 4.69) is 10.4 Å². The summed E-state index contributed by atoms with van der Waals surface area (Å²) in [6, 6.07) is 21.4. The van der Waals surface area contributed by atoms with Crippen molar-refractivity contribution in [2.45, 2.75) is 37.0 Å². The van der Waals surface area contributed by atoms with Gasteiger partial charge in [-0.3, -0.25) is 19.9 Å². The van der Waals surface area contributed by atoms with Crippen LogP contribution < -0.4 is 5.43 Å². The normalized spacial score (nSPS) is 24.2. The number of para-hydroxylation sites is 1. The third-order valence-corrected chi connectivity index (χ3v) is 11.3. The molecule has 0 saturated heterocycles. The Kier molecular flexibility index (Phi) is 6.98. The monoisotopic (exact) mass is 596 g/mol. The summed E-state index contributed by atoms with van der Waals surface area (Å²) in [6.07, 6.45) is 7.69. The first-order valence-corrected chi connectivity index (χ1v) is 16.2. The number of carbonyl (C=O) groups is 1. The fourth-order valence-corrected chi connectivity index (χ4v) is 9.23. The Bertz CT molecular complexity index is 1790. The number of hydrogen-bond donors (Lipinski definition) is 1. The molecule has 1 amide bonds. The van der Waals surface area contributed by atoms with Gasteiger partial charge in [0.25, 0.3) is 21.6 Å². The minimum Gasteiger partial charge on any atom is -0.266 e. The second-order valence-corrected chi connectivity index (χ2v) is 14.0. The van der Waals surface area contributed by atoms with Gasteiger partial charge in [0.15, 0.2) is 0 Å². The molecule has 1 N–H and O–H groups in total. The summed E-state index contributed by atoms with van der Waals surface area (Å²) in [4.78, 5) is 28.9. The van der Waals surface area contributed by atoms with E-state index in [4.69, 9.17) is 0 Å². The van der Waals surface area contributed by atoms with E-state index in [1.54, 1.807) is 30.5 Å². The molecule has 4 aliphatic rings. The first-order valence-electron chi connectivity index (χ1n) is 14.8. The van der Waals surface area contributed by atoms with Gasteiger partial charge in [-0.25, -0.2) is 5.43 Å². The fourth-order valence-electron chi connectivity index (χ4n) is 7.94. The van der Waals surface area contributed by atoms with Gasteiger partial charge in [-0.15, -0.1) is 0 Å². The van der Waals surface area contributed by atoms with Crippen LogP contribution in [0.5, 0.6) is 0 Å². The molecule has 4 bridgehead atoms. The van der Waals surface area contributed by atoms with E-state index in [9.17, 15) is 23.3 Å². The van der Waals surface area contributed by atoms with Gasteiger partial charge in [0.1, 0.15) is 0 Å². The lowest BCUT2D eigenvalue weighted by molar-refractivity contribution is -0.385. The van der Waals surface area contributed by atoms with Crippen LogP contribution in [0.1, 0.15) is 42.5 Å². The van der Waals surface area contributed by atoms with E-state index in [1.165, 1.54) is 24.6 Å². The van der Waals surface area contributed by atoms with Crippen molar-refractivity contribution in [2.75, 3.05) is 6.54 Å². The topological polar surface area (TPSA) is 123 Å². The number of fused-ring (bicyclic) bond motifs is 1. The van der Waals surface area contributed by atoms with Gasteiger partial charge >= 0.3 is 0 Å². The molecular weight excluding hydrogens is 564 g/mol. The number of nitro groups is 1. The lowest BCUT2D eigenvalue weighted by atomic mass is 9.52. The van der Waals surface area contributed by atoms with Gasteiger partial charge in [-0.1, -0.05) is 42.5 Å². The molecule has 4 aromatic rings. The molecule has 0 unspecified atom stereocenters. The maximum Gasteiger partial charge on any atom is 0.282 e. The highest BCUT2D eigenvalue weighted by atomic mass is 32.2. The summed E-state index contributed by atoms with van der Waals surface area (Å²) >= 11 is 0. The molecule has 8 rings (SSSR count). The molecule has 9 nitrogen and oxygen atoms in total. The van der Waals surface area contributed by atoms with E-state index in [0.717, 1.165) is 65.6 Å². The molecule has 1 aromatic heterocycles. The third kappa shape index (κ3) is 5.08. The van der Waals surface area contributed by atoms with E-state index < -0.39 is 20.9 Å². The van der Waals surface area contributed by atoms with Crippen LogP contribution in [0.25, 0.3) is 22.0 Å². The Morgan fingerprint density at radius 2 is 1.58 bits per heavy atom. The zero-order chi connectivity index (χ0) is 29.7. The van der Waals surface area contributed by atoms with Gasteiger partial charge in [0.2, 0.25) is 0 Å². The maximum atomic E-state index is 14.0. The molecule has 10 heteroatoms. The number of amides is 1. The van der Waals surface area contributed by atoms with Crippen LogP contribution in [-0.4, -0.2) is 35.2 Å². The van der Waals surface area contributed by atoms with Crippen LogP contribution in [0.2, 0.25) is 0 Å². The first-order chi connectivity index (χ1) is 20.8. The number of hydrazine groups is 1. The molecule has 0 atom stereocenters. The number of nitrogens with zero attached hydrogens (tertiary/aromatic N) is 3. The molecule has 220 valence electrons. The van der Waals surface area contributed by atoms with Crippen molar-refractivity contribution >= 4 is 32.5 Å². The van der Waals surface area contributed by atoms with Crippen LogP contribution in [0, 0.1) is 39.7 Å². The van der Waals surface area contributed by atoms with E-state index in [1.807, 2.05) is 30.3 Å². The maximum absolute atomic E-state index is 14.0. The minimum absolute atomic E-state index is 0.184. The number of benzene rings is 3. The second kappa shape index (κ2) is 10.8. The van der Waals surface area contributed by atoms with Gasteiger partial charge in [-0.2, -0.15) is 12.8 Å². The molecule has 4 fully saturated rings. The predicted octanol–water partition coefficient (Wildman–Crippen LogP) is 6.22. The molecule has 0 radical (unpaired) electrons. The standard InChI is InChI=1S/C33H32N4O5S/c38-33(25-11-9-23(10-12-25)30-8-1-4-24-5-3-13-34-32(24)30)36(43(41,42)29-7-2-6-28(19-29)37(39)40)35-20-31-26-15-21-14-22(17-26)18-27(31)16-21/h1-13,19,21-22,26-27,31,35H,14-18,20H2. The smallest absolute Gasteiger partial charge is 0.266 e. The van der Waals surface area contributed by atoms with Gasteiger partial charge in [-0.05, 0) is 91.5 Å². The molecule has 0 aliphatic heterocycles. The van der Waals surface area contributed by atoms with Crippen molar-refractivity contribution in [3.05, 3.63) is 101 Å². The average Bonchev–Trinajstić information content (AvgIpc) is 3.01.